The Morgan fingerprint density at radius 1 is 0.773 bits per heavy atom. The van der Waals surface area contributed by atoms with E-state index in [1.165, 1.54) is 36.4 Å². The van der Waals surface area contributed by atoms with Crippen molar-refractivity contribution in [1.82, 2.24) is 0 Å². The van der Waals surface area contributed by atoms with E-state index in [4.69, 9.17) is 33.7 Å². The van der Waals surface area contributed by atoms with E-state index >= 15 is 0 Å². The van der Waals surface area contributed by atoms with Crippen LogP contribution in [0.2, 0.25) is 0 Å². The molecule has 22 heavy (non-hydrogen) atoms. The summed E-state index contributed by atoms with van der Waals surface area (Å²) in [5.41, 5.74) is 1.94. The number of hydrogen-bond donors (Lipinski definition) is 0. The van der Waals surface area contributed by atoms with Gasteiger partial charge in [-0.3, -0.25) is 0 Å². The minimum Gasteiger partial charge on any atom is -0.207 e. The van der Waals surface area contributed by atoms with Gasteiger partial charge in [0.2, 0.25) is 0 Å². The van der Waals surface area contributed by atoms with Crippen molar-refractivity contribution in [2.24, 2.45) is 0 Å². The largest absolute Gasteiger partial charge is 0.207 e. The normalized spacial score (nSPS) is 9.18. The Morgan fingerprint density at radius 3 is 1.41 bits per heavy atom. The van der Waals surface area contributed by atoms with E-state index in [2.05, 4.69) is 0 Å². The maximum absolute atomic E-state index is 12.5. The summed E-state index contributed by atoms with van der Waals surface area (Å²) in [4.78, 5) is 0. The third kappa shape index (κ3) is 5.00. The van der Waals surface area contributed by atoms with Gasteiger partial charge in [0.15, 0.2) is 0 Å². The van der Waals surface area contributed by atoms with Gasteiger partial charge >= 0.3 is 0 Å². The lowest BCUT2D eigenvalue weighted by Gasteiger charge is -1.97. The minimum absolute atomic E-state index is 0.167. The molecule has 0 saturated heterocycles. The molecule has 0 aliphatic rings. The molecule has 2 aromatic rings. The van der Waals surface area contributed by atoms with E-state index in [0.717, 1.165) is 0 Å². The lowest BCUT2D eigenvalue weighted by atomic mass is 10.1. The van der Waals surface area contributed by atoms with Gasteiger partial charge in [-0.05, 0) is 47.5 Å². The summed E-state index contributed by atoms with van der Waals surface area (Å²) < 4.78 is 25.0. The van der Waals surface area contributed by atoms with Crippen LogP contribution in [0.15, 0.2) is 36.4 Å². The van der Waals surface area contributed by atoms with Crippen LogP contribution in [0, 0.1) is 34.3 Å². The predicted molar refractivity (Wildman–Crippen MR) is 81.3 cm³/mol. The Kier molecular flexibility index (Phi) is 7.32. The molecule has 0 aliphatic carbocycles. The standard InChI is InChI=1S/2C8H5ClFN/c2*9-4-7-3-8(10)2-1-6(7)5-11/h2*1-3H,4H2. The third-order valence-corrected chi connectivity index (χ3v) is 3.24. The van der Waals surface area contributed by atoms with Crippen LogP contribution >= 0.6 is 23.2 Å². The highest BCUT2D eigenvalue weighted by Crippen LogP contribution is 2.13. The first-order valence-corrected chi connectivity index (χ1v) is 7.11. The molecule has 0 heterocycles. The van der Waals surface area contributed by atoms with Crippen LogP contribution in [0.25, 0.3) is 0 Å². The maximum Gasteiger partial charge on any atom is 0.123 e. The second-order valence-electron chi connectivity index (χ2n) is 4.09. The van der Waals surface area contributed by atoms with Crippen molar-refractivity contribution in [2.75, 3.05) is 0 Å². The molecule has 0 aliphatic heterocycles. The summed E-state index contributed by atoms with van der Waals surface area (Å²) in [7, 11) is 0. The molecule has 0 unspecified atom stereocenters. The molecule has 2 rings (SSSR count). The highest BCUT2D eigenvalue weighted by molar-refractivity contribution is 6.17. The summed E-state index contributed by atoms with van der Waals surface area (Å²) in [6.45, 7) is 0. The van der Waals surface area contributed by atoms with Gasteiger partial charge in [-0.25, -0.2) is 8.78 Å². The van der Waals surface area contributed by atoms with Crippen LogP contribution in [0.4, 0.5) is 8.78 Å². The summed E-state index contributed by atoms with van der Waals surface area (Å²) in [6, 6.07) is 11.7. The fraction of sp³-hybridized carbons (Fsp3) is 0.125. The van der Waals surface area contributed by atoms with Gasteiger partial charge in [-0.2, -0.15) is 10.5 Å². The summed E-state index contributed by atoms with van der Waals surface area (Å²) in [5.74, 6) is -0.388. The summed E-state index contributed by atoms with van der Waals surface area (Å²) in [5, 5.41) is 17.0. The molecule has 2 nitrogen and oxygen atoms in total. The highest BCUT2D eigenvalue weighted by atomic mass is 35.5. The molecule has 0 atom stereocenters. The first-order chi connectivity index (χ1) is 10.5. The molecular weight excluding hydrogens is 329 g/mol. The van der Waals surface area contributed by atoms with Crippen LogP contribution in [0.1, 0.15) is 22.3 Å². The molecule has 0 radical (unpaired) electrons. The molecule has 0 amide bonds. The number of nitrogens with zero attached hydrogens (tertiary/aromatic N) is 2. The van der Waals surface area contributed by atoms with Crippen molar-refractivity contribution in [1.29, 1.82) is 10.5 Å². The third-order valence-electron chi connectivity index (χ3n) is 2.66. The van der Waals surface area contributed by atoms with E-state index in [0.29, 0.717) is 22.3 Å². The van der Waals surface area contributed by atoms with E-state index in [-0.39, 0.29) is 23.4 Å². The molecule has 0 saturated carbocycles. The van der Waals surface area contributed by atoms with Crippen LogP contribution < -0.4 is 0 Å². The zero-order chi connectivity index (χ0) is 16.5. The van der Waals surface area contributed by atoms with Gasteiger partial charge in [0, 0.05) is 11.8 Å². The van der Waals surface area contributed by atoms with E-state index in [9.17, 15) is 8.78 Å². The number of benzene rings is 2. The Hall–Kier alpha value is -2.14. The molecule has 0 bridgehead atoms. The average Bonchev–Trinajstić information content (AvgIpc) is 2.55. The lowest BCUT2D eigenvalue weighted by molar-refractivity contribution is 0.625. The molecule has 0 fully saturated rings. The Labute approximate surface area is 137 Å². The number of nitriles is 2. The number of rotatable bonds is 2. The molecule has 112 valence electrons. The Balaban J connectivity index is 0.000000220. The number of alkyl halides is 2. The summed E-state index contributed by atoms with van der Waals surface area (Å²) >= 11 is 10.9. The number of hydrogen-bond acceptors (Lipinski definition) is 2. The fourth-order valence-electron chi connectivity index (χ4n) is 1.56. The van der Waals surface area contributed by atoms with Crippen LogP contribution in [-0.4, -0.2) is 0 Å². The molecule has 6 heteroatoms. The highest BCUT2D eigenvalue weighted by Gasteiger charge is 2.01. The van der Waals surface area contributed by atoms with Crippen molar-refractivity contribution >= 4 is 23.2 Å². The fourth-order valence-corrected chi connectivity index (χ4v) is 2.01. The second kappa shape index (κ2) is 9.00. The van der Waals surface area contributed by atoms with E-state index in [1.54, 1.807) is 0 Å². The van der Waals surface area contributed by atoms with Crippen molar-refractivity contribution in [3.63, 3.8) is 0 Å². The zero-order valence-electron chi connectivity index (χ0n) is 11.3. The SMILES string of the molecule is N#Cc1ccc(F)cc1CCl.N#Cc1ccc(F)cc1CCl. The van der Waals surface area contributed by atoms with Gasteiger partial charge in [0.05, 0.1) is 23.3 Å². The smallest absolute Gasteiger partial charge is 0.123 e. The van der Waals surface area contributed by atoms with Gasteiger partial charge in [-0.1, -0.05) is 0 Å². The molecule has 0 spiro atoms. The van der Waals surface area contributed by atoms with E-state index in [1.807, 2.05) is 12.1 Å². The molecule has 0 aromatic heterocycles. The Bertz CT molecular complexity index is 670. The first-order valence-electron chi connectivity index (χ1n) is 6.04. The maximum atomic E-state index is 12.5. The first kappa shape index (κ1) is 17.9. The molecule has 2 aromatic carbocycles. The quantitative estimate of drug-likeness (QED) is 0.733. The van der Waals surface area contributed by atoms with Gasteiger partial charge in [0.25, 0.3) is 0 Å². The molecular formula is C16H10Cl2F2N2. The Morgan fingerprint density at radius 2 is 1.14 bits per heavy atom. The molecule has 0 N–H and O–H groups in total. The van der Waals surface area contributed by atoms with Crippen molar-refractivity contribution in [3.8, 4) is 12.1 Å². The minimum atomic E-state index is -0.361. The van der Waals surface area contributed by atoms with Gasteiger partial charge < -0.3 is 0 Å². The number of halogens is 4. The summed E-state index contributed by atoms with van der Waals surface area (Å²) in [6.07, 6.45) is 0. The average molecular weight is 339 g/mol. The van der Waals surface area contributed by atoms with E-state index < -0.39 is 0 Å². The van der Waals surface area contributed by atoms with Crippen LogP contribution in [0.5, 0.6) is 0 Å². The van der Waals surface area contributed by atoms with Crippen molar-refractivity contribution in [3.05, 3.63) is 70.3 Å². The van der Waals surface area contributed by atoms with Crippen LogP contribution in [0.3, 0.4) is 0 Å². The van der Waals surface area contributed by atoms with Gasteiger partial charge in [-0.15, -0.1) is 23.2 Å². The van der Waals surface area contributed by atoms with Crippen molar-refractivity contribution < 1.29 is 8.78 Å². The lowest BCUT2D eigenvalue weighted by Crippen LogP contribution is -1.86. The topological polar surface area (TPSA) is 47.6 Å². The van der Waals surface area contributed by atoms with Crippen molar-refractivity contribution in [2.45, 2.75) is 11.8 Å². The second-order valence-corrected chi connectivity index (χ2v) is 4.63. The predicted octanol–water partition coefficient (Wildman–Crippen LogP) is 4.87. The van der Waals surface area contributed by atoms with Gasteiger partial charge in [0.1, 0.15) is 11.6 Å². The van der Waals surface area contributed by atoms with Crippen LogP contribution in [-0.2, 0) is 11.8 Å². The monoisotopic (exact) mass is 338 g/mol. The zero-order valence-corrected chi connectivity index (χ0v) is 12.8.